The third-order valence-corrected chi connectivity index (χ3v) is 2.30. The molecule has 5 heteroatoms. The Balaban J connectivity index is 2.95. The van der Waals surface area contributed by atoms with Crippen LogP contribution in [0.4, 0.5) is 11.4 Å². The zero-order valence-electron chi connectivity index (χ0n) is 11.0. The van der Waals surface area contributed by atoms with Gasteiger partial charge in [0.25, 0.3) is 0 Å². The van der Waals surface area contributed by atoms with Crippen LogP contribution in [0.15, 0.2) is 18.2 Å². The molecule has 18 heavy (non-hydrogen) atoms. The van der Waals surface area contributed by atoms with Gasteiger partial charge in [0, 0.05) is 18.5 Å². The highest BCUT2D eigenvalue weighted by molar-refractivity contribution is 5.95. The zero-order chi connectivity index (χ0) is 13.7. The number of anilines is 2. The molecule has 0 aromatic heterocycles. The third-order valence-electron chi connectivity index (χ3n) is 2.30. The van der Waals surface area contributed by atoms with E-state index in [2.05, 4.69) is 10.6 Å². The molecule has 0 saturated carbocycles. The second kappa shape index (κ2) is 6.05. The Bertz CT molecular complexity index is 456. The maximum Gasteiger partial charge on any atom is 0.226 e. The molecule has 0 atom stereocenters. The lowest BCUT2D eigenvalue weighted by molar-refractivity contribution is -0.119. The van der Waals surface area contributed by atoms with Crippen molar-refractivity contribution in [1.29, 1.82) is 0 Å². The lowest BCUT2D eigenvalue weighted by Crippen LogP contribution is -2.18. The number of nitrogens with one attached hydrogen (secondary N) is 2. The number of rotatable bonds is 4. The summed E-state index contributed by atoms with van der Waals surface area (Å²) in [7, 11) is 1.52. The van der Waals surface area contributed by atoms with Gasteiger partial charge in [-0.2, -0.15) is 0 Å². The minimum absolute atomic E-state index is 0.0751. The highest BCUT2D eigenvalue weighted by Crippen LogP contribution is 2.27. The summed E-state index contributed by atoms with van der Waals surface area (Å²) in [6.07, 6.45) is 0. The van der Waals surface area contributed by atoms with Crippen LogP contribution >= 0.6 is 0 Å². The first-order valence-electron chi connectivity index (χ1n) is 5.70. The fourth-order valence-corrected chi connectivity index (χ4v) is 1.36. The largest absolute Gasteiger partial charge is 0.495 e. The Morgan fingerprint density at radius 1 is 1.22 bits per heavy atom. The van der Waals surface area contributed by atoms with Crippen LogP contribution in [0.25, 0.3) is 0 Å². The van der Waals surface area contributed by atoms with Crippen molar-refractivity contribution in [2.45, 2.75) is 20.8 Å². The number of carbonyl (C=O) groups excluding carboxylic acids is 2. The standard InChI is InChI=1S/C13H18N2O3/c1-8(2)13(17)15-10-5-6-12(18-4)11(7-10)14-9(3)16/h5-8H,1-4H3,(H,14,16)(H,15,17). The van der Waals surface area contributed by atoms with Crippen LogP contribution in [0.5, 0.6) is 5.75 Å². The van der Waals surface area contributed by atoms with Gasteiger partial charge in [-0.3, -0.25) is 9.59 Å². The second-order valence-corrected chi connectivity index (χ2v) is 4.24. The van der Waals surface area contributed by atoms with Gasteiger partial charge in [-0.15, -0.1) is 0 Å². The van der Waals surface area contributed by atoms with Crippen LogP contribution in [0.2, 0.25) is 0 Å². The molecule has 1 aromatic carbocycles. The molecule has 5 nitrogen and oxygen atoms in total. The van der Waals surface area contributed by atoms with Gasteiger partial charge >= 0.3 is 0 Å². The van der Waals surface area contributed by atoms with Crippen molar-refractivity contribution in [1.82, 2.24) is 0 Å². The summed E-state index contributed by atoms with van der Waals surface area (Å²) >= 11 is 0. The smallest absolute Gasteiger partial charge is 0.226 e. The van der Waals surface area contributed by atoms with Crippen LogP contribution in [-0.4, -0.2) is 18.9 Å². The van der Waals surface area contributed by atoms with E-state index in [-0.39, 0.29) is 17.7 Å². The Hall–Kier alpha value is -2.04. The van der Waals surface area contributed by atoms with E-state index < -0.39 is 0 Å². The second-order valence-electron chi connectivity index (χ2n) is 4.24. The predicted molar refractivity (Wildman–Crippen MR) is 70.8 cm³/mol. The van der Waals surface area contributed by atoms with E-state index in [9.17, 15) is 9.59 Å². The molecule has 0 bridgehead atoms. The third kappa shape index (κ3) is 3.76. The van der Waals surface area contributed by atoms with Crippen molar-refractivity contribution in [3.63, 3.8) is 0 Å². The maximum absolute atomic E-state index is 11.6. The Kier molecular flexibility index (Phi) is 4.71. The van der Waals surface area contributed by atoms with E-state index in [1.807, 2.05) is 13.8 Å². The molecular weight excluding hydrogens is 232 g/mol. The fourth-order valence-electron chi connectivity index (χ4n) is 1.36. The average molecular weight is 250 g/mol. The molecule has 0 aliphatic rings. The topological polar surface area (TPSA) is 67.4 Å². The normalized spacial score (nSPS) is 10.1. The molecule has 0 heterocycles. The molecule has 0 aliphatic heterocycles. The van der Waals surface area contributed by atoms with E-state index in [0.717, 1.165) is 0 Å². The molecular formula is C13H18N2O3. The van der Waals surface area contributed by atoms with Crippen LogP contribution in [-0.2, 0) is 9.59 Å². The van der Waals surface area contributed by atoms with E-state index in [4.69, 9.17) is 4.74 Å². The van der Waals surface area contributed by atoms with E-state index in [1.165, 1.54) is 14.0 Å². The van der Waals surface area contributed by atoms with E-state index >= 15 is 0 Å². The van der Waals surface area contributed by atoms with Crippen molar-refractivity contribution in [3.05, 3.63) is 18.2 Å². The molecule has 2 N–H and O–H groups in total. The molecule has 0 saturated heterocycles. The first-order valence-corrected chi connectivity index (χ1v) is 5.70. The number of carbonyl (C=O) groups is 2. The minimum Gasteiger partial charge on any atom is -0.495 e. The number of amides is 2. The molecule has 0 radical (unpaired) electrons. The monoisotopic (exact) mass is 250 g/mol. The van der Waals surface area contributed by atoms with Crippen molar-refractivity contribution in [2.24, 2.45) is 5.92 Å². The van der Waals surface area contributed by atoms with Gasteiger partial charge in [0.05, 0.1) is 12.8 Å². The maximum atomic E-state index is 11.6. The first kappa shape index (κ1) is 14.0. The highest BCUT2D eigenvalue weighted by Gasteiger charge is 2.10. The Morgan fingerprint density at radius 3 is 2.39 bits per heavy atom. The molecule has 0 fully saturated rings. The molecule has 98 valence electrons. The number of hydrogen-bond acceptors (Lipinski definition) is 3. The van der Waals surface area contributed by atoms with Gasteiger partial charge < -0.3 is 15.4 Å². The van der Waals surface area contributed by atoms with Gasteiger partial charge in [-0.05, 0) is 18.2 Å². The van der Waals surface area contributed by atoms with Gasteiger partial charge in [0.15, 0.2) is 0 Å². The summed E-state index contributed by atoms with van der Waals surface area (Å²) in [5.41, 5.74) is 1.16. The van der Waals surface area contributed by atoms with E-state index in [0.29, 0.717) is 17.1 Å². The van der Waals surface area contributed by atoms with Crippen molar-refractivity contribution < 1.29 is 14.3 Å². The lowest BCUT2D eigenvalue weighted by atomic mass is 10.2. The fraction of sp³-hybridized carbons (Fsp3) is 0.385. The average Bonchev–Trinajstić information content (AvgIpc) is 2.28. The number of ether oxygens (including phenoxy) is 1. The van der Waals surface area contributed by atoms with Crippen LogP contribution in [0, 0.1) is 5.92 Å². The molecule has 2 amide bonds. The summed E-state index contributed by atoms with van der Waals surface area (Å²) in [5.74, 6) is 0.179. The summed E-state index contributed by atoms with van der Waals surface area (Å²) < 4.78 is 5.13. The predicted octanol–water partition coefficient (Wildman–Crippen LogP) is 2.25. The summed E-state index contributed by atoms with van der Waals surface area (Å²) in [5, 5.41) is 5.41. The quantitative estimate of drug-likeness (QED) is 0.861. The molecule has 0 spiro atoms. The highest BCUT2D eigenvalue weighted by atomic mass is 16.5. The van der Waals surface area contributed by atoms with Crippen LogP contribution in [0.1, 0.15) is 20.8 Å². The van der Waals surface area contributed by atoms with Crippen molar-refractivity contribution in [2.75, 3.05) is 17.7 Å². The van der Waals surface area contributed by atoms with Crippen LogP contribution in [0.3, 0.4) is 0 Å². The first-order chi connectivity index (χ1) is 8.43. The van der Waals surface area contributed by atoms with Crippen molar-refractivity contribution >= 4 is 23.2 Å². The molecule has 1 aromatic rings. The molecule has 0 aliphatic carbocycles. The van der Waals surface area contributed by atoms with Gasteiger partial charge in [0.1, 0.15) is 5.75 Å². The van der Waals surface area contributed by atoms with Crippen molar-refractivity contribution in [3.8, 4) is 5.75 Å². The number of hydrogen-bond donors (Lipinski definition) is 2. The zero-order valence-corrected chi connectivity index (χ0v) is 11.0. The molecule has 1 rings (SSSR count). The van der Waals surface area contributed by atoms with Gasteiger partial charge in [-0.1, -0.05) is 13.8 Å². The SMILES string of the molecule is COc1ccc(NC(=O)C(C)C)cc1NC(C)=O. The van der Waals surface area contributed by atoms with E-state index in [1.54, 1.807) is 18.2 Å². The minimum atomic E-state index is -0.194. The lowest BCUT2D eigenvalue weighted by Gasteiger charge is -2.12. The summed E-state index contributed by atoms with van der Waals surface area (Å²) in [4.78, 5) is 22.6. The Morgan fingerprint density at radius 2 is 1.89 bits per heavy atom. The Labute approximate surface area is 107 Å². The summed E-state index contributed by atoms with van der Waals surface area (Å²) in [6, 6.07) is 5.09. The van der Waals surface area contributed by atoms with Gasteiger partial charge in [-0.25, -0.2) is 0 Å². The van der Waals surface area contributed by atoms with Crippen LogP contribution < -0.4 is 15.4 Å². The molecule has 0 unspecified atom stereocenters. The summed E-state index contributed by atoms with van der Waals surface area (Å²) in [6.45, 7) is 5.04. The number of methoxy groups -OCH3 is 1. The number of benzene rings is 1. The van der Waals surface area contributed by atoms with Gasteiger partial charge in [0.2, 0.25) is 11.8 Å².